The van der Waals surface area contributed by atoms with Crippen molar-refractivity contribution in [3.05, 3.63) is 180 Å². The molecule has 4 nitrogen and oxygen atoms in total. The van der Waals surface area contributed by atoms with Crippen molar-refractivity contribution in [3.8, 4) is 50.7 Å². The molecule has 0 saturated carbocycles. The van der Waals surface area contributed by atoms with Gasteiger partial charge in [-0.1, -0.05) is 127 Å². The van der Waals surface area contributed by atoms with Crippen molar-refractivity contribution >= 4 is 11.0 Å². The second kappa shape index (κ2) is 9.43. The summed E-state index contributed by atoms with van der Waals surface area (Å²) in [6.07, 6.45) is 0. The van der Waals surface area contributed by atoms with Gasteiger partial charge in [-0.25, -0.2) is 15.0 Å². The van der Waals surface area contributed by atoms with E-state index >= 15 is 0 Å². The maximum absolute atomic E-state index is 5.38. The minimum absolute atomic E-state index is 0.573. The molecule has 10 rings (SSSR count). The summed E-state index contributed by atoms with van der Waals surface area (Å²) in [7, 11) is 0. The van der Waals surface area contributed by atoms with Crippen LogP contribution in [-0.4, -0.2) is 19.5 Å². The summed E-state index contributed by atoms with van der Waals surface area (Å²) >= 11 is 0. The third-order valence-corrected chi connectivity index (χ3v) is 9.61. The fraction of sp³-hybridized carbons (Fsp3) is 0.0238. The van der Waals surface area contributed by atoms with E-state index in [2.05, 4.69) is 150 Å². The molecule has 214 valence electrons. The highest BCUT2D eigenvalue weighted by molar-refractivity contribution is 5.92. The summed E-state index contributed by atoms with van der Waals surface area (Å²) in [6.45, 7) is 0. The van der Waals surface area contributed by atoms with E-state index in [1.54, 1.807) is 0 Å². The maximum Gasteiger partial charge on any atom is 0.160 e. The second-order valence-electron chi connectivity index (χ2n) is 12.0. The lowest BCUT2D eigenvalue weighted by Gasteiger charge is -2.27. The van der Waals surface area contributed by atoms with Crippen LogP contribution in [0.25, 0.3) is 61.8 Å². The molecule has 0 fully saturated rings. The molecule has 0 N–H and O–H groups in total. The van der Waals surface area contributed by atoms with Crippen LogP contribution in [0.15, 0.2) is 158 Å². The van der Waals surface area contributed by atoms with Crippen LogP contribution in [0.2, 0.25) is 0 Å². The van der Waals surface area contributed by atoms with Gasteiger partial charge in [0.15, 0.2) is 5.82 Å². The number of benzene rings is 6. The molecular weight excluding hydrogens is 560 g/mol. The van der Waals surface area contributed by atoms with Gasteiger partial charge in [0, 0.05) is 16.7 Å². The normalized spacial score (nSPS) is 15.5. The predicted molar refractivity (Wildman–Crippen MR) is 184 cm³/mol. The molecule has 1 aliphatic heterocycles. The lowest BCUT2D eigenvalue weighted by molar-refractivity contribution is 0.738. The fourth-order valence-corrected chi connectivity index (χ4v) is 7.67. The lowest BCUT2D eigenvalue weighted by atomic mass is 9.72. The number of hydrogen-bond donors (Lipinski definition) is 0. The Morgan fingerprint density at radius 1 is 0.435 bits per heavy atom. The average Bonchev–Trinajstić information content (AvgIpc) is 3.76. The third kappa shape index (κ3) is 3.36. The monoisotopic (exact) mass is 586 g/mol. The molecule has 1 spiro atoms. The van der Waals surface area contributed by atoms with Crippen LogP contribution >= 0.6 is 0 Å². The van der Waals surface area contributed by atoms with Crippen LogP contribution in [0.3, 0.4) is 0 Å². The highest BCUT2D eigenvalue weighted by atomic mass is 15.1. The first-order valence-electron chi connectivity index (χ1n) is 15.6. The molecule has 0 bridgehead atoms. The van der Waals surface area contributed by atoms with Crippen LogP contribution in [0, 0.1) is 0 Å². The Morgan fingerprint density at radius 3 is 1.80 bits per heavy atom. The quantitative estimate of drug-likeness (QED) is 0.207. The Bertz CT molecular complexity index is 2420. The highest BCUT2D eigenvalue weighted by Crippen LogP contribution is 2.60. The Labute approximate surface area is 266 Å². The number of imidazole rings is 1. The van der Waals surface area contributed by atoms with E-state index in [1.165, 1.54) is 33.5 Å². The summed E-state index contributed by atoms with van der Waals surface area (Å²) in [4.78, 5) is 15.7. The molecule has 8 aromatic rings. The molecule has 1 aliphatic carbocycles. The molecule has 2 aliphatic rings. The van der Waals surface area contributed by atoms with Crippen LogP contribution < -0.4 is 0 Å². The Balaban J connectivity index is 1.27. The van der Waals surface area contributed by atoms with Crippen LogP contribution in [0.5, 0.6) is 0 Å². The van der Waals surface area contributed by atoms with E-state index in [-0.39, 0.29) is 0 Å². The largest absolute Gasteiger partial charge is 0.295 e. The van der Waals surface area contributed by atoms with Gasteiger partial charge in [-0.3, -0.25) is 4.57 Å². The van der Waals surface area contributed by atoms with Crippen molar-refractivity contribution in [2.75, 3.05) is 0 Å². The molecule has 0 saturated heterocycles. The first-order chi connectivity index (χ1) is 22.8. The summed E-state index contributed by atoms with van der Waals surface area (Å²) < 4.78 is 2.36. The number of hydrogen-bond acceptors (Lipinski definition) is 3. The third-order valence-electron chi connectivity index (χ3n) is 9.61. The summed E-state index contributed by atoms with van der Waals surface area (Å²) in [6, 6.07) is 55.6. The summed E-state index contributed by atoms with van der Waals surface area (Å²) in [5, 5.41) is 0. The SMILES string of the molecule is c1ccc(-c2cc(-c3ccccc3)nc(-c3ccc4c(c3)C3(c5ccccc5-4)c4ccccc4-n4c3nc3ccccc34)n2)cc1. The maximum atomic E-state index is 5.38. The first-order valence-corrected chi connectivity index (χ1v) is 15.6. The Hall–Kier alpha value is -6.13. The zero-order valence-electron chi connectivity index (χ0n) is 24.8. The minimum Gasteiger partial charge on any atom is -0.295 e. The first kappa shape index (κ1) is 25.2. The van der Waals surface area contributed by atoms with Crippen LogP contribution in [0.4, 0.5) is 0 Å². The molecule has 1 unspecified atom stereocenters. The number of aromatic nitrogens is 4. The molecule has 4 heteroatoms. The molecular formula is C42H26N4. The predicted octanol–water partition coefficient (Wildman–Crippen LogP) is 9.49. The average molecular weight is 587 g/mol. The standard InChI is InChI=1S/C42H26N4/c1-3-13-27(14-4-1)36-26-37(28-15-5-2-6-16-28)44-40(43-36)29-23-24-31-30-17-7-8-18-32(30)42(34(31)25-29)33-19-9-11-21-38(33)46-39-22-12-10-20-35(39)45-41(42)46/h1-26H. The van der Waals surface area contributed by atoms with Crippen molar-refractivity contribution in [3.63, 3.8) is 0 Å². The van der Waals surface area contributed by atoms with E-state index in [1.807, 2.05) is 12.1 Å². The van der Waals surface area contributed by atoms with Crippen molar-refractivity contribution in [2.24, 2.45) is 0 Å². The topological polar surface area (TPSA) is 43.6 Å². The van der Waals surface area contributed by atoms with Crippen LogP contribution in [-0.2, 0) is 5.41 Å². The van der Waals surface area contributed by atoms with Crippen LogP contribution in [0.1, 0.15) is 22.5 Å². The minimum atomic E-state index is -0.573. The number of nitrogens with zero attached hydrogens (tertiary/aromatic N) is 4. The van der Waals surface area contributed by atoms with E-state index in [0.717, 1.165) is 44.9 Å². The molecule has 6 aromatic carbocycles. The molecule has 0 amide bonds. The molecule has 46 heavy (non-hydrogen) atoms. The molecule has 3 heterocycles. The van der Waals surface area contributed by atoms with Gasteiger partial charge in [0.05, 0.1) is 28.1 Å². The van der Waals surface area contributed by atoms with E-state index in [4.69, 9.17) is 15.0 Å². The van der Waals surface area contributed by atoms with Gasteiger partial charge < -0.3 is 0 Å². The van der Waals surface area contributed by atoms with Gasteiger partial charge >= 0.3 is 0 Å². The molecule has 1 atom stereocenters. The molecule has 2 aromatic heterocycles. The van der Waals surface area contributed by atoms with Crippen molar-refractivity contribution in [1.29, 1.82) is 0 Å². The number of rotatable bonds is 3. The summed E-state index contributed by atoms with van der Waals surface area (Å²) in [5.41, 5.74) is 13.8. The van der Waals surface area contributed by atoms with E-state index in [0.29, 0.717) is 5.82 Å². The molecule has 0 radical (unpaired) electrons. The Kier molecular flexibility index (Phi) is 5.17. The number of para-hydroxylation sites is 3. The lowest BCUT2D eigenvalue weighted by Crippen LogP contribution is -2.27. The van der Waals surface area contributed by atoms with Crippen molar-refractivity contribution < 1.29 is 0 Å². The van der Waals surface area contributed by atoms with Crippen molar-refractivity contribution in [1.82, 2.24) is 19.5 Å². The zero-order valence-corrected chi connectivity index (χ0v) is 24.8. The van der Waals surface area contributed by atoms with Gasteiger partial charge in [-0.15, -0.1) is 0 Å². The zero-order chi connectivity index (χ0) is 30.2. The fourth-order valence-electron chi connectivity index (χ4n) is 7.67. The smallest absolute Gasteiger partial charge is 0.160 e. The van der Waals surface area contributed by atoms with Gasteiger partial charge in [0.25, 0.3) is 0 Å². The van der Waals surface area contributed by atoms with Gasteiger partial charge in [-0.2, -0.15) is 0 Å². The van der Waals surface area contributed by atoms with E-state index < -0.39 is 5.41 Å². The second-order valence-corrected chi connectivity index (χ2v) is 12.0. The summed E-state index contributed by atoms with van der Waals surface area (Å²) in [5.74, 6) is 1.73. The van der Waals surface area contributed by atoms with Gasteiger partial charge in [0.2, 0.25) is 0 Å². The highest BCUT2D eigenvalue weighted by Gasteiger charge is 2.54. The number of fused-ring (bicyclic) bond motifs is 12. The Morgan fingerprint density at radius 2 is 1.04 bits per heavy atom. The van der Waals surface area contributed by atoms with Gasteiger partial charge in [0.1, 0.15) is 11.2 Å². The van der Waals surface area contributed by atoms with E-state index in [9.17, 15) is 0 Å². The van der Waals surface area contributed by atoms with Crippen molar-refractivity contribution in [2.45, 2.75) is 5.41 Å². The van der Waals surface area contributed by atoms with Gasteiger partial charge in [-0.05, 0) is 58.1 Å².